The lowest BCUT2D eigenvalue weighted by molar-refractivity contribution is -0.122. The Morgan fingerprint density at radius 3 is 2.89 bits per heavy atom. The van der Waals surface area contributed by atoms with Crippen molar-refractivity contribution in [2.45, 2.75) is 38.3 Å². The van der Waals surface area contributed by atoms with E-state index in [0.717, 1.165) is 31.4 Å². The minimum atomic E-state index is -0.265. The maximum Gasteiger partial charge on any atom is 0.243 e. The summed E-state index contributed by atoms with van der Waals surface area (Å²) in [5, 5.41) is 13.4. The first-order chi connectivity index (χ1) is 13.1. The van der Waals surface area contributed by atoms with E-state index >= 15 is 0 Å². The van der Waals surface area contributed by atoms with Crippen molar-refractivity contribution in [1.82, 2.24) is 15.5 Å². The molecule has 2 amide bonds. The second kappa shape index (κ2) is 7.82. The third-order valence-electron chi connectivity index (χ3n) is 4.86. The van der Waals surface area contributed by atoms with Gasteiger partial charge in [0.25, 0.3) is 0 Å². The minimum Gasteiger partial charge on any atom is -0.350 e. The lowest BCUT2D eigenvalue weighted by Gasteiger charge is -2.22. The molecule has 2 fully saturated rings. The number of benzene rings is 1. The number of anilines is 2. The van der Waals surface area contributed by atoms with E-state index in [9.17, 15) is 9.59 Å². The van der Waals surface area contributed by atoms with Crippen LogP contribution in [0.1, 0.15) is 31.2 Å². The number of rotatable bonds is 5. The summed E-state index contributed by atoms with van der Waals surface area (Å²) in [6.07, 6.45) is 3.12. The molecule has 1 aromatic heterocycles. The van der Waals surface area contributed by atoms with Crippen LogP contribution in [0.15, 0.2) is 24.3 Å². The van der Waals surface area contributed by atoms with Crippen LogP contribution >= 0.6 is 22.9 Å². The molecular formula is C18H20ClN5O2S. The highest BCUT2D eigenvalue weighted by molar-refractivity contribution is 7.19. The fraction of sp³-hybridized carbons (Fsp3) is 0.444. The van der Waals surface area contributed by atoms with Crippen LogP contribution in [-0.2, 0) is 16.1 Å². The maximum atomic E-state index is 12.7. The summed E-state index contributed by atoms with van der Waals surface area (Å²) in [4.78, 5) is 28.3. The number of nitrogens with one attached hydrogen (secondary N) is 1. The normalized spacial score (nSPS) is 19.7. The number of nitrogens with zero attached hydrogens (tertiary/aromatic N) is 4. The van der Waals surface area contributed by atoms with Crippen molar-refractivity contribution < 1.29 is 9.59 Å². The third-order valence-corrected chi connectivity index (χ3v) is 6.08. The van der Waals surface area contributed by atoms with Crippen LogP contribution in [-0.4, -0.2) is 41.1 Å². The monoisotopic (exact) mass is 405 g/mol. The molecule has 0 radical (unpaired) electrons. The Kier molecular flexibility index (Phi) is 5.27. The van der Waals surface area contributed by atoms with Crippen LogP contribution in [0.2, 0.25) is 5.02 Å². The molecule has 4 rings (SSSR count). The first kappa shape index (κ1) is 18.2. The first-order valence-electron chi connectivity index (χ1n) is 9.04. The van der Waals surface area contributed by atoms with Crippen LogP contribution in [0, 0.1) is 0 Å². The summed E-state index contributed by atoms with van der Waals surface area (Å²) in [5.41, 5.74) is 0.964. The Hall–Kier alpha value is -2.19. The van der Waals surface area contributed by atoms with Crippen LogP contribution in [0.25, 0.3) is 0 Å². The van der Waals surface area contributed by atoms with Crippen LogP contribution in [0.5, 0.6) is 0 Å². The van der Waals surface area contributed by atoms with E-state index in [0.29, 0.717) is 34.8 Å². The highest BCUT2D eigenvalue weighted by Gasteiger charge is 2.34. The predicted octanol–water partition coefficient (Wildman–Crippen LogP) is 2.60. The highest BCUT2D eigenvalue weighted by Crippen LogP contribution is 2.33. The fourth-order valence-corrected chi connectivity index (χ4v) is 4.68. The second-order valence-corrected chi connectivity index (χ2v) is 8.09. The molecule has 0 bridgehead atoms. The Morgan fingerprint density at radius 2 is 2.11 bits per heavy atom. The number of carbonyl (C=O) groups is 2. The smallest absolute Gasteiger partial charge is 0.243 e. The fourth-order valence-electron chi connectivity index (χ4n) is 3.51. The van der Waals surface area contributed by atoms with Crippen molar-refractivity contribution in [3.63, 3.8) is 0 Å². The Balaban J connectivity index is 1.42. The van der Waals surface area contributed by atoms with Gasteiger partial charge < -0.3 is 10.2 Å². The van der Waals surface area contributed by atoms with Crippen molar-refractivity contribution in [2.75, 3.05) is 22.9 Å². The number of carbonyl (C=O) groups excluding carboxylic acids is 2. The standard InChI is InChI=1S/C18H20ClN5O2S/c19-13-5-1-4-12(10-13)11-20-16(26)14-6-2-8-23(14)17-21-22-18(27-17)24-9-3-7-15(24)25/h1,4-5,10,14H,2-3,6-9,11H2,(H,20,26)/t14-/m0/s1. The molecule has 0 spiro atoms. The zero-order valence-electron chi connectivity index (χ0n) is 14.7. The van der Waals surface area contributed by atoms with Crippen molar-refractivity contribution >= 4 is 45.0 Å². The molecule has 0 aliphatic carbocycles. The van der Waals surface area contributed by atoms with E-state index in [1.807, 2.05) is 29.2 Å². The molecule has 1 aromatic carbocycles. The predicted molar refractivity (Wildman–Crippen MR) is 105 cm³/mol. The number of aromatic nitrogens is 2. The second-order valence-electron chi connectivity index (χ2n) is 6.72. The van der Waals surface area contributed by atoms with Gasteiger partial charge in [-0.05, 0) is 37.0 Å². The molecule has 2 aliphatic heterocycles. The van der Waals surface area contributed by atoms with Gasteiger partial charge in [0, 0.05) is 31.1 Å². The number of halogens is 1. The molecule has 0 unspecified atom stereocenters. The molecule has 3 heterocycles. The molecule has 142 valence electrons. The molecule has 2 aromatic rings. The quantitative estimate of drug-likeness (QED) is 0.827. The van der Waals surface area contributed by atoms with Crippen molar-refractivity contribution in [2.24, 2.45) is 0 Å². The van der Waals surface area contributed by atoms with Gasteiger partial charge in [0.2, 0.25) is 22.1 Å². The van der Waals surface area contributed by atoms with Gasteiger partial charge in [-0.1, -0.05) is 35.1 Å². The van der Waals surface area contributed by atoms with Crippen LogP contribution < -0.4 is 15.1 Å². The van der Waals surface area contributed by atoms with Crippen molar-refractivity contribution in [1.29, 1.82) is 0 Å². The van der Waals surface area contributed by atoms with Gasteiger partial charge in [-0.25, -0.2) is 0 Å². The summed E-state index contributed by atoms with van der Waals surface area (Å²) >= 11 is 7.37. The van der Waals surface area contributed by atoms with Crippen LogP contribution in [0.3, 0.4) is 0 Å². The Bertz CT molecular complexity index is 858. The topological polar surface area (TPSA) is 78.4 Å². The Labute approximate surface area is 166 Å². The van der Waals surface area contributed by atoms with Crippen molar-refractivity contribution in [3.05, 3.63) is 34.9 Å². The average molecular weight is 406 g/mol. The molecule has 27 heavy (non-hydrogen) atoms. The Morgan fingerprint density at radius 1 is 1.26 bits per heavy atom. The summed E-state index contributed by atoms with van der Waals surface area (Å²) in [7, 11) is 0. The van der Waals surface area contributed by atoms with Gasteiger partial charge >= 0.3 is 0 Å². The lowest BCUT2D eigenvalue weighted by Crippen LogP contribution is -2.43. The minimum absolute atomic E-state index is 0.0264. The van der Waals surface area contributed by atoms with Crippen LogP contribution in [0.4, 0.5) is 10.3 Å². The molecule has 1 atom stereocenters. The van der Waals surface area contributed by atoms with E-state index < -0.39 is 0 Å². The zero-order valence-corrected chi connectivity index (χ0v) is 16.3. The molecule has 2 aliphatic rings. The lowest BCUT2D eigenvalue weighted by atomic mass is 10.2. The van der Waals surface area contributed by atoms with E-state index in [2.05, 4.69) is 15.5 Å². The number of amides is 2. The van der Waals surface area contributed by atoms with E-state index in [-0.39, 0.29) is 17.9 Å². The molecule has 0 saturated carbocycles. The molecular weight excluding hydrogens is 386 g/mol. The summed E-state index contributed by atoms with van der Waals surface area (Å²) in [6, 6.07) is 7.19. The average Bonchev–Trinajstić information content (AvgIpc) is 3.39. The third kappa shape index (κ3) is 3.91. The SMILES string of the molecule is O=C(NCc1cccc(Cl)c1)[C@@H]1CCCN1c1nnc(N2CCCC2=O)s1. The number of hydrogen-bond acceptors (Lipinski definition) is 6. The molecule has 9 heteroatoms. The van der Waals surface area contributed by atoms with Gasteiger partial charge in [-0.2, -0.15) is 0 Å². The van der Waals surface area contributed by atoms with E-state index in [4.69, 9.17) is 11.6 Å². The zero-order chi connectivity index (χ0) is 18.8. The van der Waals surface area contributed by atoms with E-state index in [1.54, 1.807) is 4.90 Å². The maximum absolute atomic E-state index is 12.7. The molecule has 2 saturated heterocycles. The van der Waals surface area contributed by atoms with E-state index in [1.165, 1.54) is 11.3 Å². The van der Waals surface area contributed by atoms with Gasteiger partial charge in [0.1, 0.15) is 6.04 Å². The van der Waals surface area contributed by atoms with Gasteiger partial charge in [-0.15, -0.1) is 10.2 Å². The first-order valence-corrected chi connectivity index (χ1v) is 10.2. The van der Waals surface area contributed by atoms with Gasteiger partial charge in [-0.3, -0.25) is 14.5 Å². The molecule has 1 N–H and O–H groups in total. The van der Waals surface area contributed by atoms with Gasteiger partial charge in [0.05, 0.1) is 0 Å². The molecule has 7 nitrogen and oxygen atoms in total. The largest absolute Gasteiger partial charge is 0.350 e. The summed E-state index contributed by atoms with van der Waals surface area (Å²) < 4.78 is 0. The summed E-state index contributed by atoms with van der Waals surface area (Å²) in [6.45, 7) is 1.89. The van der Waals surface area contributed by atoms with Crippen molar-refractivity contribution in [3.8, 4) is 0 Å². The summed E-state index contributed by atoms with van der Waals surface area (Å²) in [5.74, 6) is 0.0661. The van der Waals surface area contributed by atoms with Gasteiger partial charge in [0.15, 0.2) is 0 Å². The number of hydrogen-bond donors (Lipinski definition) is 1. The highest BCUT2D eigenvalue weighted by atomic mass is 35.5.